The van der Waals surface area contributed by atoms with Crippen LogP contribution in [0.15, 0.2) is 35.0 Å². The summed E-state index contributed by atoms with van der Waals surface area (Å²) in [4.78, 5) is 9.41. The monoisotopic (exact) mass is 377 g/mol. The lowest BCUT2D eigenvalue weighted by atomic mass is 9.93. The minimum Gasteiger partial charge on any atom is -0.304 e. The first-order valence-corrected chi connectivity index (χ1v) is 10.3. The highest BCUT2D eigenvalue weighted by Gasteiger charge is 2.14. The molecule has 1 heterocycles. The summed E-state index contributed by atoms with van der Waals surface area (Å²) >= 11 is 0. The van der Waals surface area contributed by atoms with E-state index in [0.29, 0.717) is 5.71 Å². The van der Waals surface area contributed by atoms with E-state index < -0.39 is 0 Å². The van der Waals surface area contributed by atoms with Crippen molar-refractivity contribution >= 4 is 17.5 Å². The Bertz CT molecular complexity index is 812. The average molecular weight is 378 g/mol. The number of nitrogens with zero attached hydrogens (tertiary/aromatic N) is 2. The molecule has 1 N–H and O–H groups in total. The fourth-order valence-electron chi connectivity index (χ4n) is 2.69. The number of rotatable bonds is 8. The van der Waals surface area contributed by atoms with Crippen molar-refractivity contribution in [1.29, 1.82) is 5.41 Å². The molecule has 1 aromatic heterocycles. The fourth-order valence-corrected chi connectivity index (χ4v) is 2.69. The van der Waals surface area contributed by atoms with Crippen LogP contribution in [0.2, 0.25) is 0 Å². The highest BCUT2D eigenvalue weighted by atomic mass is 14.8. The predicted molar refractivity (Wildman–Crippen MR) is 123 cm³/mol. The standard InChI is InChI=1S/C25H35N3/c1-8-11-12-13-14-21(10-3)27-16-22(18(4)5)24-15-20(7)23(17-28-24)25(26)19(6)9-2/h13-17,19,21,26H,8-10H2,1-7H3/b14-13-,26-25?,27-16?. The van der Waals surface area contributed by atoms with Crippen molar-refractivity contribution in [2.75, 3.05) is 0 Å². The van der Waals surface area contributed by atoms with E-state index in [0.717, 1.165) is 41.7 Å². The van der Waals surface area contributed by atoms with Gasteiger partial charge in [0.1, 0.15) is 0 Å². The van der Waals surface area contributed by atoms with Crippen LogP contribution < -0.4 is 0 Å². The smallest absolute Gasteiger partial charge is 0.0719 e. The Hall–Kier alpha value is -2.47. The molecule has 150 valence electrons. The molecule has 28 heavy (non-hydrogen) atoms. The molecule has 3 nitrogen and oxygen atoms in total. The van der Waals surface area contributed by atoms with Gasteiger partial charge in [0.15, 0.2) is 0 Å². The topological polar surface area (TPSA) is 49.1 Å². The molecule has 1 rings (SSSR count). The number of hydrogen-bond donors (Lipinski definition) is 1. The molecule has 0 aromatic carbocycles. The summed E-state index contributed by atoms with van der Waals surface area (Å²) in [5.74, 6) is 6.31. The summed E-state index contributed by atoms with van der Waals surface area (Å²) in [5, 5.41) is 8.40. The Labute approximate surface area is 171 Å². The molecule has 0 saturated carbocycles. The zero-order valence-corrected chi connectivity index (χ0v) is 18.6. The second kappa shape index (κ2) is 12.1. The summed E-state index contributed by atoms with van der Waals surface area (Å²) in [7, 11) is 0. The van der Waals surface area contributed by atoms with Crippen molar-refractivity contribution in [2.45, 2.75) is 73.8 Å². The third kappa shape index (κ3) is 6.93. The second-order valence-corrected chi connectivity index (χ2v) is 7.31. The minimum atomic E-state index is 0.111. The van der Waals surface area contributed by atoms with Crippen LogP contribution in [0.4, 0.5) is 0 Å². The van der Waals surface area contributed by atoms with Crippen molar-refractivity contribution < 1.29 is 0 Å². The predicted octanol–water partition coefficient (Wildman–Crippen LogP) is 6.42. The van der Waals surface area contributed by atoms with Gasteiger partial charge >= 0.3 is 0 Å². The van der Waals surface area contributed by atoms with Crippen molar-refractivity contribution in [2.24, 2.45) is 10.9 Å². The molecule has 0 amide bonds. The fraction of sp³-hybridized carbons (Fsp3) is 0.480. The maximum absolute atomic E-state index is 8.40. The van der Waals surface area contributed by atoms with E-state index in [4.69, 9.17) is 10.4 Å². The Balaban J connectivity index is 3.13. The quantitative estimate of drug-likeness (QED) is 0.412. The van der Waals surface area contributed by atoms with Crippen molar-refractivity contribution in [3.8, 4) is 11.8 Å². The van der Waals surface area contributed by atoms with Crippen LogP contribution in [0, 0.1) is 30.1 Å². The van der Waals surface area contributed by atoms with E-state index in [1.54, 1.807) is 0 Å². The molecule has 3 heteroatoms. The van der Waals surface area contributed by atoms with Gasteiger partial charge < -0.3 is 5.41 Å². The van der Waals surface area contributed by atoms with E-state index in [9.17, 15) is 0 Å². The number of allylic oxidation sites excluding steroid dienone is 3. The number of hydrogen-bond acceptors (Lipinski definition) is 3. The van der Waals surface area contributed by atoms with E-state index in [2.05, 4.69) is 70.5 Å². The van der Waals surface area contributed by atoms with Crippen molar-refractivity contribution in [1.82, 2.24) is 4.98 Å². The van der Waals surface area contributed by atoms with Gasteiger partial charge in [-0.2, -0.15) is 0 Å². The van der Waals surface area contributed by atoms with E-state index >= 15 is 0 Å². The largest absolute Gasteiger partial charge is 0.304 e. The third-order valence-electron chi connectivity index (χ3n) is 4.81. The number of aryl methyl sites for hydroxylation is 1. The van der Waals surface area contributed by atoms with Crippen LogP contribution >= 0.6 is 0 Å². The van der Waals surface area contributed by atoms with Crippen LogP contribution in [0.5, 0.6) is 0 Å². The van der Waals surface area contributed by atoms with Gasteiger partial charge in [-0.05, 0) is 57.2 Å². The highest BCUT2D eigenvalue weighted by Crippen LogP contribution is 2.21. The van der Waals surface area contributed by atoms with E-state index in [1.165, 1.54) is 5.57 Å². The van der Waals surface area contributed by atoms with Gasteiger partial charge in [-0.3, -0.25) is 9.98 Å². The minimum absolute atomic E-state index is 0.111. The lowest BCUT2D eigenvalue weighted by Crippen LogP contribution is -2.13. The molecule has 0 aliphatic heterocycles. The van der Waals surface area contributed by atoms with Crippen molar-refractivity contribution in [3.05, 3.63) is 46.8 Å². The van der Waals surface area contributed by atoms with Crippen LogP contribution in [-0.2, 0) is 0 Å². The molecular weight excluding hydrogens is 342 g/mol. The van der Waals surface area contributed by atoms with Crippen LogP contribution in [-0.4, -0.2) is 23.0 Å². The van der Waals surface area contributed by atoms with Gasteiger partial charge in [0.2, 0.25) is 0 Å². The molecule has 0 fully saturated rings. The number of aliphatic imine (C=N–C) groups is 1. The first-order valence-electron chi connectivity index (χ1n) is 10.3. The SMILES string of the molecule is CCC#C/C=C\C(CC)N=CC(=C(C)C)c1cc(C)c(C(=N)C(C)CC)cn1. The lowest BCUT2D eigenvalue weighted by Gasteiger charge is -2.14. The van der Waals surface area contributed by atoms with Gasteiger partial charge in [-0.25, -0.2) is 0 Å². The molecule has 0 aliphatic carbocycles. The second-order valence-electron chi connectivity index (χ2n) is 7.31. The van der Waals surface area contributed by atoms with Crippen LogP contribution in [0.3, 0.4) is 0 Å². The zero-order valence-electron chi connectivity index (χ0n) is 18.6. The summed E-state index contributed by atoms with van der Waals surface area (Å²) in [5.41, 5.74) is 5.81. The Morgan fingerprint density at radius 1 is 1.25 bits per heavy atom. The van der Waals surface area contributed by atoms with Crippen LogP contribution in [0.1, 0.15) is 77.6 Å². The normalized spacial score (nSPS) is 13.2. The Morgan fingerprint density at radius 3 is 2.50 bits per heavy atom. The van der Waals surface area contributed by atoms with Crippen molar-refractivity contribution in [3.63, 3.8) is 0 Å². The van der Waals surface area contributed by atoms with Gasteiger partial charge in [0, 0.05) is 35.7 Å². The lowest BCUT2D eigenvalue weighted by molar-refractivity contribution is 0.735. The summed E-state index contributed by atoms with van der Waals surface area (Å²) in [6, 6.07) is 2.18. The van der Waals surface area contributed by atoms with Gasteiger partial charge in [0.05, 0.1) is 11.7 Å². The summed E-state index contributed by atoms with van der Waals surface area (Å²) in [6.45, 7) is 14.6. The molecule has 1 aromatic rings. The zero-order chi connectivity index (χ0) is 21.1. The number of pyridine rings is 1. The highest BCUT2D eigenvalue weighted by molar-refractivity contribution is 6.10. The molecule has 0 bridgehead atoms. The number of nitrogens with one attached hydrogen (secondary N) is 1. The third-order valence-corrected chi connectivity index (χ3v) is 4.81. The molecule has 0 spiro atoms. The molecule has 0 aliphatic rings. The van der Waals surface area contributed by atoms with Gasteiger partial charge in [0.25, 0.3) is 0 Å². The maximum atomic E-state index is 8.40. The van der Waals surface area contributed by atoms with E-state index in [1.807, 2.05) is 25.4 Å². The first-order chi connectivity index (χ1) is 13.3. The average Bonchev–Trinajstić information content (AvgIpc) is 2.68. The van der Waals surface area contributed by atoms with Crippen LogP contribution in [0.25, 0.3) is 5.57 Å². The molecular formula is C25H35N3. The van der Waals surface area contributed by atoms with E-state index in [-0.39, 0.29) is 12.0 Å². The Kier molecular flexibility index (Phi) is 10.2. The molecule has 2 unspecified atom stereocenters. The maximum Gasteiger partial charge on any atom is 0.0719 e. The molecule has 0 radical (unpaired) electrons. The Morgan fingerprint density at radius 2 is 1.96 bits per heavy atom. The summed E-state index contributed by atoms with van der Waals surface area (Å²) < 4.78 is 0. The van der Waals surface area contributed by atoms with Gasteiger partial charge in [-0.15, -0.1) is 0 Å². The number of aromatic nitrogens is 1. The first kappa shape index (κ1) is 23.6. The molecule has 0 saturated heterocycles. The van der Waals surface area contributed by atoms with Gasteiger partial charge in [-0.1, -0.05) is 51.2 Å². The summed E-state index contributed by atoms with van der Waals surface area (Å²) in [6.07, 6.45) is 10.5. The molecule has 2 atom stereocenters.